The Labute approximate surface area is 109 Å². The number of anilines is 2. The number of ether oxygens (including phenoxy) is 1. The van der Waals surface area contributed by atoms with E-state index in [9.17, 15) is 0 Å². The van der Waals surface area contributed by atoms with Crippen molar-refractivity contribution < 1.29 is 9.84 Å². The van der Waals surface area contributed by atoms with E-state index in [0.717, 1.165) is 0 Å². The Morgan fingerprint density at radius 2 is 1.79 bits per heavy atom. The van der Waals surface area contributed by atoms with Gasteiger partial charge in [-0.2, -0.15) is 5.11 Å². The Hall–Kier alpha value is -2.83. The van der Waals surface area contributed by atoms with E-state index in [4.69, 9.17) is 21.3 Å². The average molecular weight is 259 g/mol. The number of phenolic OH excluding ortho intramolecular Hbond substituents is 1. The van der Waals surface area contributed by atoms with Crippen molar-refractivity contribution in [1.82, 2.24) is 4.98 Å². The maximum Gasteiger partial charge on any atom is 0.168 e. The second-order valence-electron chi connectivity index (χ2n) is 3.70. The minimum Gasteiger partial charge on any atom is -0.508 e. The lowest BCUT2D eigenvalue weighted by molar-refractivity contribution is 0.415. The van der Waals surface area contributed by atoms with Crippen LogP contribution in [-0.2, 0) is 0 Å². The molecule has 0 fully saturated rings. The summed E-state index contributed by atoms with van der Waals surface area (Å²) in [6.45, 7) is 0. The molecule has 0 saturated carbocycles. The normalized spacial score (nSPS) is 10.8. The molecule has 1 heterocycles. The Kier molecular flexibility index (Phi) is 3.46. The molecule has 0 saturated heterocycles. The zero-order chi connectivity index (χ0) is 13.8. The Bertz CT molecular complexity index is 610. The van der Waals surface area contributed by atoms with Gasteiger partial charge in [0.2, 0.25) is 0 Å². The van der Waals surface area contributed by atoms with Crippen molar-refractivity contribution in [1.29, 1.82) is 0 Å². The average Bonchev–Trinajstić information content (AvgIpc) is 2.40. The molecule has 98 valence electrons. The first-order valence-corrected chi connectivity index (χ1v) is 5.41. The lowest BCUT2D eigenvalue weighted by atomic mass is 10.3. The molecule has 0 radical (unpaired) electrons. The Morgan fingerprint density at radius 1 is 1.11 bits per heavy atom. The van der Waals surface area contributed by atoms with Gasteiger partial charge in [0.25, 0.3) is 0 Å². The maximum atomic E-state index is 9.15. The van der Waals surface area contributed by atoms with Gasteiger partial charge in [0.15, 0.2) is 17.4 Å². The zero-order valence-corrected chi connectivity index (χ0v) is 10.2. The summed E-state index contributed by atoms with van der Waals surface area (Å²) in [6, 6.07) is 7.83. The van der Waals surface area contributed by atoms with E-state index in [0.29, 0.717) is 17.1 Å². The van der Waals surface area contributed by atoms with Gasteiger partial charge in [-0.05, 0) is 24.3 Å². The highest BCUT2D eigenvalue weighted by Crippen LogP contribution is 2.31. The van der Waals surface area contributed by atoms with E-state index in [1.165, 1.54) is 19.2 Å². The van der Waals surface area contributed by atoms with E-state index in [1.54, 1.807) is 18.2 Å². The smallest absolute Gasteiger partial charge is 0.168 e. The number of methoxy groups -OCH3 is 1. The fourth-order valence-corrected chi connectivity index (χ4v) is 1.39. The number of hydrogen-bond donors (Lipinski definition) is 3. The molecule has 0 aliphatic heterocycles. The number of azo groups is 1. The topological polar surface area (TPSA) is 119 Å². The summed E-state index contributed by atoms with van der Waals surface area (Å²) in [6.07, 6.45) is 0. The van der Waals surface area contributed by atoms with Crippen LogP contribution >= 0.6 is 0 Å². The van der Waals surface area contributed by atoms with Crippen LogP contribution in [0.25, 0.3) is 0 Å². The second-order valence-corrected chi connectivity index (χ2v) is 3.70. The molecule has 0 spiro atoms. The quantitative estimate of drug-likeness (QED) is 0.731. The van der Waals surface area contributed by atoms with Gasteiger partial charge >= 0.3 is 0 Å². The summed E-state index contributed by atoms with van der Waals surface area (Å²) in [5.74, 6) is 0.910. The first-order valence-electron chi connectivity index (χ1n) is 5.41. The van der Waals surface area contributed by atoms with E-state index in [-0.39, 0.29) is 17.4 Å². The lowest BCUT2D eigenvalue weighted by Crippen LogP contribution is -1.99. The van der Waals surface area contributed by atoms with Crippen LogP contribution in [0.1, 0.15) is 0 Å². The van der Waals surface area contributed by atoms with E-state index >= 15 is 0 Å². The summed E-state index contributed by atoms with van der Waals surface area (Å²) >= 11 is 0. The third kappa shape index (κ3) is 2.89. The molecule has 0 aliphatic rings. The van der Waals surface area contributed by atoms with Crippen molar-refractivity contribution in [2.45, 2.75) is 0 Å². The number of phenols is 1. The van der Waals surface area contributed by atoms with Crippen LogP contribution in [0.4, 0.5) is 23.0 Å². The van der Waals surface area contributed by atoms with Crippen LogP contribution in [0.3, 0.4) is 0 Å². The van der Waals surface area contributed by atoms with Gasteiger partial charge in [0, 0.05) is 6.07 Å². The molecule has 0 aliphatic carbocycles. The number of benzene rings is 1. The molecule has 0 amide bonds. The molecule has 0 unspecified atom stereocenters. The van der Waals surface area contributed by atoms with Gasteiger partial charge in [-0.1, -0.05) is 0 Å². The van der Waals surface area contributed by atoms with Gasteiger partial charge in [-0.25, -0.2) is 4.98 Å². The van der Waals surface area contributed by atoms with E-state index in [1.807, 2.05) is 0 Å². The Balaban J connectivity index is 2.30. The number of nitrogen functional groups attached to an aromatic ring is 2. The molecule has 1 aromatic carbocycles. The van der Waals surface area contributed by atoms with Crippen LogP contribution in [0.5, 0.6) is 11.5 Å². The highest BCUT2D eigenvalue weighted by molar-refractivity contribution is 5.66. The predicted octanol–water partition coefficient (Wildman–Crippen LogP) is 2.38. The van der Waals surface area contributed by atoms with E-state index in [2.05, 4.69) is 15.2 Å². The van der Waals surface area contributed by atoms with Crippen molar-refractivity contribution in [3.05, 3.63) is 30.3 Å². The summed E-state index contributed by atoms with van der Waals surface area (Å²) in [7, 11) is 1.48. The SMILES string of the molecule is COc1cc(N=Nc2ccc(O)cc2)c(N)nc1N. The van der Waals surface area contributed by atoms with Gasteiger partial charge in [0.05, 0.1) is 12.8 Å². The summed E-state index contributed by atoms with van der Waals surface area (Å²) in [5.41, 5.74) is 12.2. The van der Waals surface area contributed by atoms with E-state index < -0.39 is 0 Å². The fourth-order valence-electron chi connectivity index (χ4n) is 1.39. The minimum absolute atomic E-state index is 0.161. The minimum atomic E-state index is 0.161. The van der Waals surface area contributed by atoms with Crippen LogP contribution in [-0.4, -0.2) is 17.2 Å². The molecular weight excluding hydrogens is 246 g/mol. The first-order chi connectivity index (χ1) is 9.10. The largest absolute Gasteiger partial charge is 0.508 e. The predicted molar refractivity (Wildman–Crippen MR) is 71.9 cm³/mol. The second kappa shape index (κ2) is 5.21. The van der Waals surface area contributed by atoms with Gasteiger partial charge in [-0.15, -0.1) is 5.11 Å². The number of aromatic hydroxyl groups is 1. The van der Waals surface area contributed by atoms with Crippen molar-refractivity contribution in [3.63, 3.8) is 0 Å². The molecular formula is C12H13N5O2. The molecule has 1 aromatic heterocycles. The third-order valence-corrected chi connectivity index (χ3v) is 2.37. The molecule has 7 heteroatoms. The van der Waals surface area contributed by atoms with Crippen molar-refractivity contribution in [3.8, 4) is 11.5 Å². The number of rotatable bonds is 3. The summed E-state index contributed by atoms with van der Waals surface area (Å²) < 4.78 is 5.03. The van der Waals surface area contributed by atoms with Gasteiger partial charge < -0.3 is 21.3 Å². The highest BCUT2D eigenvalue weighted by Gasteiger charge is 2.07. The van der Waals surface area contributed by atoms with Gasteiger partial charge in [-0.3, -0.25) is 0 Å². The molecule has 0 atom stereocenters. The molecule has 19 heavy (non-hydrogen) atoms. The molecule has 0 bridgehead atoms. The van der Waals surface area contributed by atoms with Crippen molar-refractivity contribution in [2.24, 2.45) is 10.2 Å². The van der Waals surface area contributed by atoms with Crippen LogP contribution < -0.4 is 16.2 Å². The summed E-state index contributed by atoms with van der Waals surface area (Å²) in [4.78, 5) is 3.91. The zero-order valence-electron chi connectivity index (χ0n) is 10.2. The molecule has 5 N–H and O–H groups in total. The van der Waals surface area contributed by atoms with Crippen molar-refractivity contribution >= 4 is 23.0 Å². The third-order valence-electron chi connectivity index (χ3n) is 2.37. The highest BCUT2D eigenvalue weighted by atomic mass is 16.5. The van der Waals surface area contributed by atoms with Crippen LogP contribution in [0, 0.1) is 0 Å². The van der Waals surface area contributed by atoms with Crippen LogP contribution in [0.2, 0.25) is 0 Å². The maximum absolute atomic E-state index is 9.15. The molecule has 7 nitrogen and oxygen atoms in total. The number of nitrogens with zero attached hydrogens (tertiary/aromatic N) is 3. The number of aromatic nitrogens is 1. The molecule has 2 rings (SSSR count). The van der Waals surface area contributed by atoms with Crippen LogP contribution in [0.15, 0.2) is 40.6 Å². The number of pyridine rings is 1. The first kappa shape index (κ1) is 12.6. The standard InChI is InChI=1S/C12H13N5O2/c1-19-10-6-9(11(13)15-12(10)14)17-16-7-2-4-8(18)5-3-7/h2-6,18H,1H3,(H4,13,14,15). The molecule has 2 aromatic rings. The summed E-state index contributed by atoms with van der Waals surface area (Å²) in [5, 5.41) is 17.1. The lowest BCUT2D eigenvalue weighted by Gasteiger charge is -2.05. The Morgan fingerprint density at radius 3 is 2.42 bits per heavy atom. The number of nitrogens with two attached hydrogens (primary N) is 2. The fraction of sp³-hybridized carbons (Fsp3) is 0.0833. The monoisotopic (exact) mass is 259 g/mol. The van der Waals surface area contributed by atoms with Crippen molar-refractivity contribution in [2.75, 3.05) is 18.6 Å². The van der Waals surface area contributed by atoms with Gasteiger partial charge in [0.1, 0.15) is 11.4 Å². The number of hydrogen-bond acceptors (Lipinski definition) is 7.